The lowest BCUT2D eigenvalue weighted by molar-refractivity contribution is -0.123. The Morgan fingerprint density at radius 3 is 2.59 bits per heavy atom. The Hall–Kier alpha value is -2.76. The minimum atomic E-state index is 0.0955. The number of aryl methyl sites for hydroxylation is 2. The second kappa shape index (κ2) is 7.47. The highest BCUT2D eigenvalue weighted by atomic mass is 16.2. The summed E-state index contributed by atoms with van der Waals surface area (Å²) >= 11 is 0. The molecule has 0 bridgehead atoms. The van der Waals surface area contributed by atoms with Gasteiger partial charge in [-0.15, -0.1) is 5.10 Å². The summed E-state index contributed by atoms with van der Waals surface area (Å²) < 4.78 is 1.75. The van der Waals surface area contributed by atoms with Gasteiger partial charge in [-0.05, 0) is 44.9 Å². The standard InChI is InChI=1S/C21H25N5O/c1-15-13-16(2)26-21(22-15)23-19(24-26)14-25(18-11-7-4-8-12-18)20(27)17-9-5-3-6-10-17/h4,7-8,11-13,17H,3,5-6,9-10,14H2,1-2H3. The Morgan fingerprint density at radius 2 is 1.85 bits per heavy atom. The van der Waals surface area contributed by atoms with E-state index in [1.54, 1.807) is 4.52 Å². The Bertz CT molecular complexity index is 944. The number of nitrogens with zero attached hydrogens (tertiary/aromatic N) is 5. The average molecular weight is 363 g/mol. The van der Waals surface area contributed by atoms with Crippen LogP contribution in [0.25, 0.3) is 5.78 Å². The molecule has 3 aromatic rings. The van der Waals surface area contributed by atoms with Gasteiger partial charge < -0.3 is 4.90 Å². The van der Waals surface area contributed by atoms with Crippen molar-refractivity contribution in [2.45, 2.75) is 52.5 Å². The van der Waals surface area contributed by atoms with E-state index >= 15 is 0 Å². The minimum absolute atomic E-state index is 0.0955. The quantitative estimate of drug-likeness (QED) is 0.706. The second-order valence-corrected chi connectivity index (χ2v) is 7.37. The third-order valence-corrected chi connectivity index (χ3v) is 5.25. The second-order valence-electron chi connectivity index (χ2n) is 7.37. The Kier molecular flexibility index (Phi) is 4.88. The van der Waals surface area contributed by atoms with Crippen molar-refractivity contribution in [3.05, 3.63) is 53.6 Å². The van der Waals surface area contributed by atoms with Crippen LogP contribution in [0.2, 0.25) is 0 Å². The number of amides is 1. The molecule has 1 fully saturated rings. The summed E-state index contributed by atoms with van der Waals surface area (Å²) in [6.07, 6.45) is 5.44. The number of aromatic nitrogens is 4. The zero-order valence-electron chi connectivity index (χ0n) is 15.9. The topological polar surface area (TPSA) is 63.4 Å². The smallest absolute Gasteiger partial charge is 0.252 e. The first kappa shape index (κ1) is 17.6. The highest BCUT2D eigenvalue weighted by Gasteiger charge is 2.28. The summed E-state index contributed by atoms with van der Waals surface area (Å²) in [7, 11) is 0. The molecule has 0 atom stereocenters. The molecule has 1 aromatic carbocycles. The average Bonchev–Trinajstić information content (AvgIpc) is 3.10. The molecule has 0 saturated heterocycles. The maximum absolute atomic E-state index is 13.3. The maximum Gasteiger partial charge on any atom is 0.252 e. The first-order valence-electron chi connectivity index (χ1n) is 9.68. The molecule has 0 spiro atoms. The maximum atomic E-state index is 13.3. The number of carbonyl (C=O) groups excluding carboxylic acids is 1. The van der Waals surface area contributed by atoms with E-state index in [-0.39, 0.29) is 11.8 Å². The number of hydrogen-bond acceptors (Lipinski definition) is 4. The van der Waals surface area contributed by atoms with Crippen LogP contribution in [0.4, 0.5) is 5.69 Å². The van der Waals surface area contributed by atoms with Gasteiger partial charge in [0.25, 0.3) is 5.78 Å². The van der Waals surface area contributed by atoms with Crippen molar-refractivity contribution in [3.8, 4) is 0 Å². The summed E-state index contributed by atoms with van der Waals surface area (Å²) in [6.45, 7) is 4.30. The lowest BCUT2D eigenvalue weighted by Crippen LogP contribution is -2.37. The van der Waals surface area contributed by atoms with E-state index in [2.05, 4.69) is 15.1 Å². The molecular formula is C21H25N5O. The summed E-state index contributed by atoms with van der Waals surface area (Å²) in [5.41, 5.74) is 2.80. The number of fused-ring (bicyclic) bond motifs is 1. The minimum Gasteiger partial charge on any atom is -0.304 e. The zero-order chi connectivity index (χ0) is 18.8. The molecule has 1 amide bonds. The van der Waals surface area contributed by atoms with Gasteiger partial charge in [-0.3, -0.25) is 4.79 Å². The van der Waals surface area contributed by atoms with Gasteiger partial charge in [0.15, 0.2) is 5.82 Å². The van der Waals surface area contributed by atoms with Crippen molar-refractivity contribution in [1.82, 2.24) is 19.6 Å². The van der Waals surface area contributed by atoms with E-state index in [1.807, 2.05) is 55.1 Å². The molecule has 0 N–H and O–H groups in total. The summed E-state index contributed by atoms with van der Waals surface area (Å²) in [4.78, 5) is 24.2. The van der Waals surface area contributed by atoms with Crippen molar-refractivity contribution in [1.29, 1.82) is 0 Å². The lowest BCUT2D eigenvalue weighted by Gasteiger charge is -2.28. The van der Waals surface area contributed by atoms with Crippen molar-refractivity contribution >= 4 is 17.4 Å². The van der Waals surface area contributed by atoms with Gasteiger partial charge in [0.05, 0.1) is 6.54 Å². The molecule has 27 heavy (non-hydrogen) atoms. The van der Waals surface area contributed by atoms with Crippen LogP contribution in [0.5, 0.6) is 0 Å². The molecule has 6 nitrogen and oxygen atoms in total. The molecule has 6 heteroatoms. The highest BCUT2D eigenvalue weighted by molar-refractivity contribution is 5.94. The Morgan fingerprint density at radius 1 is 1.11 bits per heavy atom. The molecule has 4 rings (SSSR count). The van der Waals surface area contributed by atoms with Gasteiger partial charge in [-0.25, -0.2) is 9.50 Å². The molecular weight excluding hydrogens is 338 g/mol. The van der Waals surface area contributed by atoms with Crippen LogP contribution in [0.1, 0.15) is 49.3 Å². The lowest BCUT2D eigenvalue weighted by atomic mass is 9.88. The SMILES string of the molecule is Cc1cc(C)n2nc(CN(C(=O)C3CCCCC3)c3ccccc3)nc2n1. The van der Waals surface area contributed by atoms with E-state index in [0.717, 1.165) is 42.8 Å². The van der Waals surface area contributed by atoms with Gasteiger partial charge in [0.1, 0.15) is 0 Å². The fourth-order valence-electron chi connectivity index (χ4n) is 3.89. The van der Waals surface area contributed by atoms with Crippen molar-refractivity contribution in [2.24, 2.45) is 5.92 Å². The normalized spacial score (nSPS) is 15.2. The molecule has 1 aliphatic carbocycles. The fourth-order valence-corrected chi connectivity index (χ4v) is 3.89. The fraction of sp³-hybridized carbons (Fsp3) is 0.429. The zero-order valence-corrected chi connectivity index (χ0v) is 15.9. The molecule has 2 aromatic heterocycles. The molecule has 0 radical (unpaired) electrons. The van der Waals surface area contributed by atoms with Crippen molar-refractivity contribution in [3.63, 3.8) is 0 Å². The van der Waals surface area contributed by atoms with Gasteiger partial charge >= 0.3 is 0 Å². The van der Waals surface area contributed by atoms with Gasteiger partial charge in [0, 0.05) is 23.0 Å². The summed E-state index contributed by atoms with van der Waals surface area (Å²) in [6, 6.07) is 11.8. The van der Waals surface area contributed by atoms with Crippen LogP contribution in [0.15, 0.2) is 36.4 Å². The Balaban J connectivity index is 1.67. The summed E-state index contributed by atoms with van der Waals surface area (Å²) in [5, 5.41) is 4.60. The predicted octanol–water partition coefficient (Wildman–Crippen LogP) is 3.85. The largest absolute Gasteiger partial charge is 0.304 e. The molecule has 140 valence electrons. The number of para-hydroxylation sites is 1. The number of anilines is 1. The number of rotatable bonds is 4. The van der Waals surface area contributed by atoms with E-state index in [0.29, 0.717) is 18.1 Å². The Labute approximate surface area is 159 Å². The molecule has 0 aliphatic heterocycles. The number of hydrogen-bond donors (Lipinski definition) is 0. The van der Waals surface area contributed by atoms with Crippen LogP contribution in [-0.2, 0) is 11.3 Å². The third kappa shape index (κ3) is 3.70. The van der Waals surface area contributed by atoms with Gasteiger partial charge in [-0.2, -0.15) is 4.98 Å². The number of carbonyl (C=O) groups is 1. The van der Waals surface area contributed by atoms with E-state index in [1.165, 1.54) is 6.42 Å². The third-order valence-electron chi connectivity index (χ3n) is 5.25. The monoisotopic (exact) mass is 363 g/mol. The number of benzene rings is 1. The van der Waals surface area contributed by atoms with Crippen LogP contribution in [0.3, 0.4) is 0 Å². The first-order valence-corrected chi connectivity index (χ1v) is 9.68. The van der Waals surface area contributed by atoms with Crippen molar-refractivity contribution in [2.75, 3.05) is 4.90 Å². The van der Waals surface area contributed by atoms with E-state index in [4.69, 9.17) is 0 Å². The van der Waals surface area contributed by atoms with Gasteiger partial charge in [0.2, 0.25) is 5.91 Å². The van der Waals surface area contributed by atoms with E-state index in [9.17, 15) is 4.79 Å². The van der Waals surface area contributed by atoms with Crippen LogP contribution in [-0.4, -0.2) is 25.5 Å². The highest BCUT2D eigenvalue weighted by Crippen LogP contribution is 2.28. The molecule has 1 aliphatic rings. The van der Waals surface area contributed by atoms with Crippen molar-refractivity contribution < 1.29 is 4.79 Å². The van der Waals surface area contributed by atoms with Gasteiger partial charge in [-0.1, -0.05) is 37.5 Å². The van der Waals surface area contributed by atoms with Crippen LogP contribution < -0.4 is 4.90 Å². The van der Waals surface area contributed by atoms with E-state index < -0.39 is 0 Å². The predicted molar refractivity (Wildman–Crippen MR) is 104 cm³/mol. The molecule has 0 unspecified atom stereocenters. The molecule has 2 heterocycles. The first-order chi connectivity index (χ1) is 13.1. The van der Waals surface area contributed by atoms with Crippen LogP contribution >= 0.6 is 0 Å². The van der Waals surface area contributed by atoms with Crippen LogP contribution in [0, 0.1) is 19.8 Å². The molecule has 1 saturated carbocycles. The summed E-state index contributed by atoms with van der Waals surface area (Å²) in [5.74, 6) is 1.48.